The van der Waals surface area contributed by atoms with Crippen molar-refractivity contribution in [1.29, 1.82) is 0 Å². The van der Waals surface area contributed by atoms with Crippen LogP contribution in [0.4, 0.5) is 0 Å². The predicted molar refractivity (Wildman–Crippen MR) is 88.1 cm³/mol. The van der Waals surface area contributed by atoms with E-state index in [0.717, 1.165) is 19.3 Å². The first-order valence-corrected chi connectivity index (χ1v) is 9.09. The molecule has 1 aromatic heterocycles. The Bertz CT molecular complexity index is 539. The van der Waals surface area contributed by atoms with Gasteiger partial charge in [-0.25, -0.2) is 0 Å². The van der Waals surface area contributed by atoms with E-state index in [1.54, 1.807) is 11.3 Å². The second-order valence-electron chi connectivity index (χ2n) is 5.99. The summed E-state index contributed by atoms with van der Waals surface area (Å²) in [7, 11) is 0. The SMILES string of the molecule is O=C(NC1CC1)C1=C[C@@H](c2cccs2)C[C@@H](OCCCCO)O1. The molecular formula is C17H23NO4S. The van der Waals surface area contributed by atoms with E-state index in [2.05, 4.69) is 11.4 Å². The first-order valence-electron chi connectivity index (χ1n) is 8.21. The molecule has 1 aliphatic heterocycles. The second-order valence-corrected chi connectivity index (χ2v) is 6.96. The number of rotatable bonds is 8. The Morgan fingerprint density at radius 3 is 3.00 bits per heavy atom. The van der Waals surface area contributed by atoms with Crippen LogP contribution in [0.2, 0.25) is 0 Å². The van der Waals surface area contributed by atoms with E-state index >= 15 is 0 Å². The van der Waals surface area contributed by atoms with Crippen molar-refractivity contribution < 1.29 is 19.4 Å². The fraction of sp³-hybridized carbons (Fsp3) is 0.588. The third-order valence-electron chi connectivity index (χ3n) is 3.96. The summed E-state index contributed by atoms with van der Waals surface area (Å²) in [4.78, 5) is 13.5. The van der Waals surface area contributed by atoms with Crippen LogP contribution in [0.3, 0.4) is 0 Å². The Kier molecular flexibility index (Phi) is 5.70. The van der Waals surface area contributed by atoms with E-state index in [1.165, 1.54) is 4.88 Å². The summed E-state index contributed by atoms with van der Waals surface area (Å²) in [6.07, 6.45) is 5.81. The Balaban J connectivity index is 1.64. The van der Waals surface area contributed by atoms with Gasteiger partial charge in [0.05, 0.1) is 6.61 Å². The molecule has 2 aliphatic rings. The van der Waals surface area contributed by atoms with Gasteiger partial charge in [-0.05, 0) is 43.2 Å². The molecule has 23 heavy (non-hydrogen) atoms. The topological polar surface area (TPSA) is 67.8 Å². The van der Waals surface area contributed by atoms with Crippen LogP contribution in [0, 0.1) is 0 Å². The predicted octanol–water partition coefficient (Wildman–Crippen LogP) is 2.53. The maximum absolute atomic E-state index is 12.3. The zero-order valence-electron chi connectivity index (χ0n) is 13.1. The van der Waals surface area contributed by atoms with Gasteiger partial charge in [0.15, 0.2) is 5.76 Å². The molecule has 0 aromatic carbocycles. The number of unbranched alkanes of at least 4 members (excludes halogenated alkanes) is 1. The van der Waals surface area contributed by atoms with Crippen molar-refractivity contribution in [3.05, 3.63) is 34.2 Å². The highest BCUT2D eigenvalue weighted by Crippen LogP contribution is 2.34. The number of amides is 1. The van der Waals surface area contributed by atoms with Gasteiger partial charge in [0.1, 0.15) is 0 Å². The van der Waals surface area contributed by atoms with Crippen LogP contribution in [-0.4, -0.2) is 36.6 Å². The number of aliphatic hydroxyl groups excluding tert-OH is 1. The summed E-state index contributed by atoms with van der Waals surface area (Å²) in [6.45, 7) is 0.696. The zero-order chi connectivity index (χ0) is 16.1. The first-order chi connectivity index (χ1) is 11.3. The highest BCUT2D eigenvalue weighted by molar-refractivity contribution is 7.10. The highest BCUT2D eigenvalue weighted by atomic mass is 32.1. The molecule has 6 heteroatoms. The average Bonchev–Trinajstić information content (AvgIpc) is 3.20. The van der Waals surface area contributed by atoms with E-state index in [1.807, 2.05) is 17.5 Å². The molecular weight excluding hydrogens is 314 g/mol. The lowest BCUT2D eigenvalue weighted by molar-refractivity contribution is -0.146. The molecule has 3 rings (SSSR count). The number of carbonyl (C=O) groups excluding carboxylic acids is 1. The monoisotopic (exact) mass is 337 g/mol. The fourth-order valence-corrected chi connectivity index (χ4v) is 3.34. The molecule has 1 saturated carbocycles. The third kappa shape index (κ3) is 4.80. The van der Waals surface area contributed by atoms with Gasteiger partial charge in [-0.3, -0.25) is 4.79 Å². The molecule has 2 heterocycles. The van der Waals surface area contributed by atoms with Crippen LogP contribution < -0.4 is 5.32 Å². The van der Waals surface area contributed by atoms with E-state index in [-0.39, 0.29) is 18.4 Å². The molecule has 1 amide bonds. The largest absolute Gasteiger partial charge is 0.459 e. The smallest absolute Gasteiger partial charge is 0.286 e. The molecule has 2 N–H and O–H groups in total. The number of aliphatic hydroxyl groups is 1. The van der Waals surface area contributed by atoms with Crippen molar-refractivity contribution in [2.24, 2.45) is 0 Å². The van der Waals surface area contributed by atoms with Crippen molar-refractivity contribution in [1.82, 2.24) is 5.32 Å². The van der Waals surface area contributed by atoms with Gasteiger partial charge in [0.2, 0.25) is 6.29 Å². The highest BCUT2D eigenvalue weighted by Gasteiger charge is 2.31. The number of carbonyl (C=O) groups is 1. The molecule has 0 bridgehead atoms. The lowest BCUT2D eigenvalue weighted by Gasteiger charge is -2.28. The molecule has 0 saturated heterocycles. The maximum atomic E-state index is 12.3. The quantitative estimate of drug-likeness (QED) is 0.715. The molecule has 0 radical (unpaired) electrons. The molecule has 5 nitrogen and oxygen atoms in total. The maximum Gasteiger partial charge on any atom is 0.286 e. The Morgan fingerprint density at radius 2 is 2.30 bits per heavy atom. The summed E-state index contributed by atoms with van der Waals surface area (Å²) in [6, 6.07) is 4.40. The van der Waals surface area contributed by atoms with Crippen LogP contribution in [0.25, 0.3) is 0 Å². The van der Waals surface area contributed by atoms with E-state index < -0.39 is 6.29 Å². The van der Waals surface area contributed by atoms with Crippen molar-refractivity contribution >= 4 is 17.2 Å². The Hall–Kier alpha value is -1.37. The molecule has 2 atom stereocenters. The average molecular weight is 337 g/mol. The van der Waals surface area contributed by atoms with Crippen LogP contribution >= 0.6 is 11.3 Å². The van der Waals surface area contributed by atoms with Gasteiger partial charge in [-0.15, -0.1) is 11.3 Å². The lowest BCUT2D eigenvalue weighted by atomic mass is 9.99. The van der Waals surface area contributed by atoms with Crippen molar-refractivity contribution in [2.45, 2.75) is 50.4 Å². The molecule has 1 aliphatic carbocycles. The number of ether oxygens (including phenoxy) is 2. The third-order valence-corrected chi connectivity index (χ3v) is 4.96. The molecule has 0 unspecified atom stereocenters. The Labute approximate surface area is 140 Å². The first kappa shape index (κ1) is 16.5. The molecule has 1 fully saturated rings. The normalized spacial score (nSPS) is 24.0. The minimum atomic E-state index is -0.411. The summed E-state index contributed by atoms with van der Waals surface area (Å²) in [5.41, 5.74) is 0. The van der Waals surface area contributed by atoms with Crippen molar-refractivity contribution in [3.8, 4) is 0 Å². The van der Waals surface area contributed by atoms with Gasteiger partial charge in [0.25, 0.3) is 5.91 Å². The molecule has 1 aromatic rings. The van der Waals surface area contributed by atoms with Crippen LogP contribution in [0.5, 0.6) is 0 Å². The zero-order valence-corrected chi connectivity index (χ0v) is 13.9. The fourth-order valence-electron chi connectivity index (χ4n) is 2.53. The van der Waals surface area contributed by atoms with Gasteiger partial charge >= 0.3 is 0 Å². The second kappa shape index (κ2) is 7.95. The van der Waals surface area contributed by atoms with Crippen LogP contribution in [0.15, 0.2) is 29.3 Å². The van der Waals surface area contributed by atoms with Crippen molar-refractivity contribution in [2.75, 3.05) is 13.2 Å². The number of allylic oxidation sites excluding steroid dienone is 1. The summed E-state index contributed by atoms with van der Waals surface area (Å²) in [5.74, 6) is 0.373. The number of thiophene rings is 1. The minimum Gasteiger partial charge on any atom is -0.459 e. The van der Waals surface area contributed by atoms with E-state index in [9.17, 15) is 4.79 Å². The van der Waals surface area contributed by atoms with Gasteiger partial charge in [-0.2, -0.15) is 0 Å². The van der Waals surface area contributed by atoms with Crippen LogP contribution in [0.1, 0.15) is 42.9 Å². The standard InChI is InChI=1S/C17H23NO4S/c19-7-1-2-8-21-16-11-12(15-4-3-9-23-15)10-14(22-16)17(20)18-13-5-6-13/h3-4,9-10,12-13,16,19H,1-2,5-8,11H2,(H,18,20)/t12-,16+/m1/s1. The van der Waals surface area contributed by atoms with E-state index in [4.69, 9.17) is 14.6 Å². The molecule has 126 valence electrons. The summed E-state index contributed by atoms with van der Waals surface area (Å²) in [5, 5.41) is 13.8. The number of nitrogens with one attached hydrogen (secondary N) is 1. The summed E-state index contributed by atoms with van der Waals surface area (Å²) >= 11 is 1.68. The number of hydrogen-bond acceptors (Lipinski definition) is 5. The molecule has 0 spiro atoms. The van der Waals surface area contributed by atoms with Gasteiger partial charge < -0.3 is 19.9 Å². The van der Waals surface area contributed by atoms with Crippen LogP contribution in [-0.2, 0) is 14.3 Å². The Morgan fingerprint density at radius 1 is 1.43 bits per heavy atom. The van der Waals surface area contributed by atoms with E-state index in [0.29, 0.717) is 31.2 Å². The summed E-state index contributed by atoms with van der Waals surface area (Å²) < 4.78 is 11.5. The van der Waals surface area contributed by atoms with Gasteiger partial charge in [-0.1, -0.05) is 6.07 Å². The van der Waals surface area contributed by atoms with Gasteiger partial charge in [0, 0.05) is 29.9 Å². The lowest BCUT2D eigenvalue weighted by Crippen LogP contribution is -2.33. The number of hydrogen-bond donors (Lipinski definition) is 2. The van der Waals surface area contributed by atoms with Crippen molar-refractivity contribution in [3.63, 3.8) is 0 Å². The minimum absolute atomic E-state index is 0.141.